The number of hydrogen-bond donors (Lipinski definition) is 0. The van der Waals surface area contributed by atoms with E-state index in [-0.39, 0.29) is 4.83 Å². The molecular formula is C13H11Br3O. The van der Waals surface area contributed by atoms with E-state index >= 15 is 0 Å². The lowest BCUT2D eigenvalue weighted by molar-refractivity contribution is 0.497. The van der Waals surface area contributed by atoms with Crippen LogP contribution in [0, 0.1) is 13.8 Å². The van der Waals surface area contributed by atoms with Crippen LogP contribution in [0.1, 0.15) is 27.3 Å². The smallest absolute Gasteiger partial charge is 0.169 e. The summed E-state index contributed by atoms with van der Waals surface area (Å²) in [6.07, 6.45) is 0. The van der Waals surface area contributed by atoms with E-state index in [0.29, 0.717) is 0 Å². The molecule has 1 aromatic heterocycles. The highest BCUT2D eigenvalue weighted by atomic mass is 79.9. The molecule has 0 aliphatic heterocycles. The number of benzene rings is 1. The fraction of sp³-hybridized carbons (Fsp3) is 0.231. The second kappa shape index (κ2) is 5.29. The summed E-state index contributed by atoms with van der Waals surface area (Å²) in [4.78, 5) is 0.0839. The average Bonchev–Trinajstić information content (AvgIpc) is 2.69. The van der Waals surface area contributed by atoms with Gasteiger partial charge in [-0.1, -0.05) is 37.9 Å². The molecule has 4 heteroatoms. The van der Waals surface area contributed by atoms with Gasteiger partial charge >= 0.3 is 0 Å². The molecule has 0 saturated carbocycles. The van der Waals surface area contributed by atoms with Gasteiger partial charge in [0.25, 0.3) is 0 Å². The van der Waals surface area contributed by atoms with Gasteiger partial charge in [0.05, 0.1) is 4.83 Å². The number of rotatable bonds is 2. The van der Waals surface area contributed by atoms with Gasteiger partial charge in [-0.2, -0.15) is 0 Å². The first-order valence-corrected chi connectivity index (χ1v) is 7.65. The predicted molar refractivity (Wildman–Crippen MR) is 80.8 cm³/mol. The van der Waals surface area contributed by atoms with Crippen molar-refractivity contribution in [3.8, 4) is 0 Å². The summed E-state index contributed by atoms with van der Waals surface area (Å²) in [7, 11) is 0. The van der Waals surface area contributed by atoms with Gasteiger partial charge in [0.1, 0.15) is 5.76 Å². The molecule has 2 rings (SSSR count). The van der Waals surface area contributed by atoms with E-state index in [1.165, 1.54) is 16.7 Å². The Balaban J connectivity index is 2.43. The monoisotopic (exact) mass is 420 g/mol. The molecule has 0 radical (unpaired) electrons. The van der Waals surface area contributed by atoms with Gasteiger partial charge in [0.2, 0.25) is 0 Å². The Morgan fingerprint density at radius 3 is 2.35 bits per heavy atom. The molecule has 1 aromatic carbocycles. The average molecular weight is 423 g/mol. The molecule has 0 amide bonds. The third-order valence-corrected chi connectivity index (χ3v) is 4.89. The molecule has 90 valence electrons. The lowest BCUT2D eigenvalue weighted by atomic mass is 10.0. The van der Waals surface area contributed by atoms with Crippen LogP contribution in [0.4, 0.5) is 0 Å². The minimum absolute atomic E-state index is 0.0839. The van der Waals surface area contributed by atoms with Gasteiger partial charge in [-0.25, -0.2) is 0 Å². The largest absolute Gasteiger partial charge is 0.453 e. The number of alkyl halides is 1. The van der Waals surface area contributed by atoms with Gasteiger partial charge in [0.15, 0.2) is 4.67 Å². The van der Waals surface area contributed by atoms with Crippen LogP contribution < -0.4 is 0 Å². The fourth-order valence-electron chi connectivity index (χ4n) is 1.69. The van der Waals surface area contributed by atoms with Crippen LogP contribution in [-0.2, 0) is 0 Å². The van der Waals surface area contributed by atoms with Crippen molar-refractivity contribution in [3.63, 3.8) is 0 Å². The molecule has 0 aliphatic rings. The molecule has 1 nitrogen and oxygen atoms in total. The molecule has 1 atom stereocenters. The Labute approximate surface area is 126 Å². The molecule has 0 N–H and O–H groups in total. The Morgan fingerprint density at radius 2 is 1.76 bits per heavy atom. The van der Waals surface area contributed by atoms with Crippen molar-refractivity contribution in [2.75, 3.05) is 0 Å². The summed E-state index contributed by atoms with van der Waals surface area (Å²) in [5, 5.41) is 0. The highest BCUT2D eigenvalue weighted by Gasteiger charge is 2.17. The van der Waals surface area contributed by atoms with Crippen molar-refractivity contribution in [2.24, 2.45) is 0 Å². The Kier molecular flexibility index (Phi) is 4.16. The van der Waals surface area contributed by atoms with Crippen LogP contribution in [0.5, 0.6) is 0 Å². The number of hydrogen-bond acceptors (Lipinski definition) is 1. The highest BCUT2D eigenvalue weighted by molar-refractivity contribution is 9.10. The van der Waals surface area contributed by atoms with Crippen molar-refractivity contribution in [2.45, 2.75) is 18.7 Å². The zero-order chi connectivity index (χ0) is 12.6. The predicted octanol–water partition coefficient (Wildman–Crippen LogP) is 5.91. The second-order valence-electron chi connectivity index (χ2n) is 3.96. The van der Waals surface area contributed by atoms with E-state index in [1.807, 2.05) is 12.1 Å². The van der Waals surface area contributed by atoms with E-state index in [4.69, 9.17) is 4.42 Å². The van der Waals surface area contributed by atoms with Crippen LogP contribution in [0.25, 0.3) is 0 Å². The summed E-state index contributed by atoms with van der Waals surface area (Å²) in [6.45, 7) is 4.19. The number of furan rings is 1. The van der Waals surface area contributed by atoms with Crippen molar-refractivity contribution in [3.05, 3.63) is 55.9 Å². The number of halogens is 3. The molecule has 17 heavy (non-hydrogen) atoms. The molecule has 0 aliphatic carbocycles. The van der Waals surface area contributed by atoms with E-state index in [1.54, 1.807) is 0 Å². The van der Waals surface area contributed by atoms with E-state index in [2.05, 4.69) is 73.8 Å². The molecule has 0 bridgehead atoms. The zero-order valence-corrected chi connectivity index (χ0v) is 14.2. The first-order valence-electron chi connectivity index (χ1n) is 5.15. The van der Waals surface area contributed by atoms with Gasteiger partial charge in [-0.3, -0.25) is 0 Å². The summed E-state index contributed by atoms with van der Waals surface area (Å²) in [6, 6.07) is 8.19. The van der Waals surface area contributed by atoms with Gasteiger partial charge in [0, 0.05) is 4.47 Å². The lowest BCUT2D eigenvalue weighted by Gasteiger charge is -2.13. The minimum Gasteiger partial charge on any atom is -0.453 e. The maximum Gasteiger partial charge on any atom is 0.169 e. The maximum absolute atomic E-state index is 5.58. The summed E-state index contributed by atoms with van der Waals surface area (Å²) in [5.41, 5.74) is 3.69. The molecule has 0 spiro atoms. The molecule has 1 heterocycles. The number of aryl methyl sites for hydroxylation is 2. The lowest BCUT2D eigenvalue weighted by Crippen LogP contribution is -1.96. The van der Waals surface area contributed by atoms with Crippen LogP contribution >= 0.6 is 47.8 Å². The van der Waals surface area contributed by atoms with Crippen LogP contribution in [-0.4, -0.2) is 0 Å². The van der Waals surface area contributed by atoms with Gasteiger partial charge in [-0.15, -0.1) is 0 Å². The Hall–Kier alpha value is -0.0600. The van der Waals surface area contributed by atoms with Gasteiger partial charge < -0.3 is 4.42 Å². The molecule has 0 fully saturated rings. The zero-order valence-electron chi connectivity index (χ0n) is 9.43. The molecule has 2 aromatic rings. The van der Waals surface area contributed by atoms with Crippen molar-refractivity contribution in [1.29, 1.82) is 0 Å². The van der Waals surface area contributed by atoms with Gasteiger partial charge in [-0.05, 0) is 64.7 Å². The van der Waals surface area contributed by atoms with E-state index in [0.717, 1.165) is 14.9 Å². The van der Waals surface area contributed by atoms with Crippen molar-refractivity contribution < 1.29 is 4.42 Å². The molecule has 1 unspecified atom stereocenters. The van der Waals surface area contributed by atoms with Crippen LogP contribution in [0.3, 0.4) is 0 Å². The van der Waals surface area contributed by atoms with E-state index in [9.17, 15) is 0 Å². The molecule has 0 saturated heterocycles. The normalized spacial score (nSPS) is 12.8. The third kappa shape index (κ3) is 2.85. The Bertz CT molecular complexity index is 546. The fourth-order valence-corrected chi connectivity index (χ4v) is 3.21. The SMILES string of the molecule is Cc1cc(C(Br)c2ccc(Br)o2)c(C)cc1Br. The van der Waals surface area contributed by atoms with Crippen molar-refractivity contribution in [1.82, 2.24) is 0 Å². The second-order valence-corrected chi connectivity index (χ2v) is 6.51. The van der Waals surface area contributed by atoms with Crippen molar-refractivity contribution >= 4 is 47.8 Å². The topological polar surface area (TPSA) is 13.1 Å². The maximum atomic E-state index is 5.58. The third-order valence-electron chi connectivity index (χ3n) is 2.66. The standard InChI is InChI=1S/C13H11Br3O/c1-7-6-10(14)8(2)5-9(7)13(16)11-3-4-12(15)17-11/h3-6,13H,1-2H3. The summed E-state index contributed by atoms with van der Waals surface area (Å²) < 4.78 is 7.47. The summed E-state index contributed by atoms with van der Waals surface area (Å²) >= 11 is 10.6. The highest BCUT2D eigenvalue weighted by Crippen LogP contribution is 2.36. The van der Waals surface area contributed by atoms with Crippen LogP contribution in [0.15, 0.2) is 37.8 Å². The summed E-state index contributed by atoms with van der Waals surface area (Å²) in [5.74, 6) is 0.904. The first kappa shape index (κ1) is 13.4. The Morgan fingerprint density at radius 1 is 1.06 bits per heavy atom. The first-order chi connectivity index (χ1) is 7.99. The minimum atomic E-state index is 0.0839. The van der Waals surface area contributed by atoms with E-state index < -0.39 is 0 Å². The van der Waals surface area contributed by atoms with Crippen LogP contribution in [0.2, 0.25) is 0 Å². The quantitative estimate of drug-likeness (QED) is 0.548. The molecular weight excluding hydrogens is 412 g/mol.